The number of thiazole rings is 1. The number of halogens is 3. The number of aryl methyl sites for hydroxylation is 1. The second kappa shape index (κ2) is 9.74. The molecule has 0 saturated carbocycles. The molecule has 28 heavy (non-hydrogen) atoms. The topological polar surface area (TPSA) is 51.2 Å². The number of hydrogen-bond acceptors (Lipinski definition) is 4. The standard InChI is InChI=1S/C20H17BrCl2N2O2S/c1-2-3-12-4-7-18(15(21)8-12)27-10-19(26)25-20-24-17(11-28-20)14-6-5-13(22)9-16(14)23/h4-9,11H,2-3,10H2,1H3,(H,24,25,26). The SMILES string of the molecule is CCCc1ccc(OCC(=O)Nc2nc(-c3ccc(Cl)cc3Cl)cs2)c(Br)c1. The van der Waals surface area contributed by atoms with Crippen LogP contribution in [0.15, 0.2) is 46.3 Å². The Morgan fingerprint density at radius 1 is 1.25 bits per heavy atom. The Kier molecular flexibility index (Phi) is 7.35. The fourth-order valence-electron chi connectivity index (χ4n) is 2.56. The van der Waals surface area contributed by atoms with Gasteiger partial charge in [-0.15, -0.1) is 11.3 Å². The van der Waals surface area contributed by atoms with Crippen LogP contribution in [0.1, 0.15) is 18.9 Å². The number of nitrogens with zero attached hydrogens (tertiary/aromatic N) is 1. The smallest absolute Gasteiger partial charge is 0.264 e. The molecule has 8 heteroatoms. The number of rotatable bonds is 7. The summed E-state index contributed by atoms with van der Waals surface area (Å²) in [6.45, 7) is 2.02. The molecule has 0 atom stereocenters. The molecule has 0 aliphatic rings. The monoisotopic (exact) mass is 498 g/mol. The molecule has 0 saturated heterocycles. The van der Waals surface area contributed by atoms with Gasteiger partial charge in [0.15, 0.2) is 11.7 Å². The minimum atomic E-state index is -0.285. The normalized spacial score (nSPS) is 10.7. The lowest BCUT2D eigenvalue weighted by atomic mass is 10.1. The van der Waals surface area contributed by atoms with Gasteiger partial charge in [-0.1, -0.05) is 42.6 Å². The van der Waals surface area contributed by atoms with Crippen molar-refractivity contribution >= 4 is 61.5 Å². The van der Waals surface area contributed by atoms with Crippen molar-refractivity contribution < 1.29 is 9.53 Å². The molecular formula is C20H17BrCl2N2O2S. The van der Waals surface area contributed by atoms with Crippen LogP contribution in [0.2, 0.25) is 10.0 Å². The lowest BCUT2D eigenvalue weighted by Gasteiger charge is -2.09. The van der Waals surface area contributed by atoms with E-state index in [1.54, 1.807) is 18.2 Å². The fraction of sp³-hybridized carbons (Fsp3) is 0.200. The average molecular weight is 500 g/mol. The Hall–Kier alpha value is -1.60. The van der Waals surface area contributed by atoms with Crippen LogP contribution in [-0.2, 0) is 11.2 Å². The second-order valence-corrected chi connectivity index (χ2v) is 8.57. The fourth-order valence-corrected chi connectivity index (χ4v) is 4.33. The first-order chi connectivity index (χ1) is 13.5. The van der Waals surface area contributed by atoms with E-state index in [2.05, 4.69) is 33.2 Å². The minimum absolute atomic E-state index is 0.109. The van der Waals surface area contributed by atoms with E-state index >= 15 is 0 Å². The van der Waals surface area contributed by atoms with Crippen LogP contribution >= 0.6 is 50.5 Å². The molecule has 0 spiro atoms. The number of nitrogens with one attached hydrogen (secondary N) is 1. The van der Waals surface area contributed by atoms with Gasteiger partial charge < -0.3 is 4.74 Å². The third kappa shape index (κ3) is 5.47. The van der Waals surface area contributed by atoms with Crippen molar-refractivity contribution in [3.8, 4) is 17.0 Å². The highest BCUT2D eigenvalue weighted by Crippen LogP contribution is 2.32. The molecule has 0 radical (unpaired) electrons. The number of anilines is 1. The summed E-state index contributed by atoms with van der Waals surface area (Å²) in [5.41, 5.74) is 2.66. The largest absolute Gasteiger partial charge is 0.483 e. The molecule has 1 heterocycles. The molecule has 1 aromatic heterocycles. The van der Waals surface area contributed by atoms with Gasteiger partial charge in [0.2, 0.25) is 0 Å². The number of amides is 1. The van der Waals surface area contributed by atoms with Crippen molar-refractivity contribution in [3.63, 3.8) is 0 Å². The average Bonchev–Trinajstić information content (AvgIpc) is 3.09. The van der Waals surface area contributed by atoms with E-state index in [4.69, 9.17) is 27.9 Å². The van der Waals surface area contributed by atoms with Crippen LogP contribution < -0.4 is 10.1 Å². The molecule has 0 fully saturated rings. The summed E-state index contributed by atoms with van der Waals surface area (Å²) >= 11 is 16.9. The summed E-state index contributed by atoms with van der Waals surface area (Å²) in [6.07, 6.45) is 2.08. The lowest BCUT2D eigenvalue weighted by molar-refractivity contribution is -0.118. The number of carbonyl (C=O) groups excluding carboxylic acids is 1. The van der Waals surface area contributed by atoms with Crippen LogP contribution in [0.3, 0.4) is 0 Å². The highest BCUT2D eigenvalue weighted by molar-refractivity contribution is 9.10. The third-order valence-corrected chi connectivity index (χ3v) is 5.78. The molecule has 1 amide bonds. The lowest BCUT2D eigenvalue weighted by Crippen LogP contribution is -2.20. The maximum absolute atomic E-state index is 12.2. The summed E-state index contributed by atoms with van der Waals surface area (Å²) in [4.78, 5) is 16.6. The predicted octanol–water partition coefficient (Wildman–Crippen LogP) is 6.85. The Bertz CT molecular complexity index is 994. The number of carbonyl (C=O) groups is 1. The summed E-state index contributed by atoms with van der Waals surface area (Å²) in [5.74, 6) is 0.343. The third-order valence-electron chi connectivity index (χ3n) is 3.85. The van der Waals surface area contributed by atoms with E-state index in [9.17, 15) is 4.79 Å². The van der Waals surface area contributed by atoms with Gasteiger partial charge in [-0.3, -0.25) is 10.1 Å². The molecule has 146 valence electrons. The zero-order chi connectivity index (χ0) is 20.1. The minimum Gasteiger partial charge on any atom is -0.483 e. The zero-order valence-electron chi connectivity index (χ0n) is 15.0. The van der Waals surface area contributed by atoms with Crippen molar-refractivity contribution in [2.75, 3.05) is 11.9 Å². The molecule has 3 rings (SSSR count). The first-order valence-corrected chi connectivity index (χ1v) is 11.0. The number of aromatic nitrogens is 1. The predicted molar refractivity (Wildman–Crippen MR) is 120 cm³/mol. The van der Waals surface area contributed by atoms with Crippen molar-refractivity contribution in [1.29, 1.82) is 0 Å². The Balaban J connectivity index is 1.59. The van der Waals surface area contributed by atoms with Gasteiger partial charge in [0.25, 0.3) is 5.91 Å². The van der Waals surface area contributed by atoms with E-state index in [1.807, 2.05) is 23.6 Å². The Morgan fingerprint density at radius 3 is 2.79 bits per heavy atom. The van der Waals surface area contributed by atoms with Crippen molar-refractivity contribution in [2.45, 2.75) is 19.8 Å². The second-order valence-electron chi connectivity index (χ2n) is 6.01. The Morgan fingerprint density at radius 2 is 2.07 bits per heavy atom. The molecule has 0 aliphatic heterocycles. The molecule has 4 nitrogen and oxygen atoms in total. The van der Waals surface area contributed by atoms with Gasteiger partial charge in [0, 0.05) is 16.0 Å². The number of ether oxygens (including phenoxy) is 1. The van der Waals surface area contributed by atoms with E-state index in [0.29, 0.717) is 26.6 Å². The van der Waals surface area contributed by atoms with E-state index in [1.165, 1.54) is 16.9 Å². The van der Waals surface area contributed by atoms with Crippen LogP contribution in [0, 0.1) is 0 Å². The maximum atomic E-state index is 12.2. The van der Waals surface area contributed by atoms with Gasteiger partial charge in [0.05, 0.1) is 15.2 Å². The summed E-state index contributed by atoms with van der Waals surface area (Å²) in [5, 5.41) is 6.12. The molecule has 0 bridgehead atoms. The highest BCUT2D eigenvalue weighted by atomic mass is 79.9. The summed E-state index contributed by atoms with van der Waals surface area (Å²) < 4.78 is 6.44. The molecular weight excluding hydrogens is 483 g/mol. The summed E-state index contributed by atoms with van der Waals surface area (Å²) in [6, 6.07) is 11.1. The molecule has 0 unspecified atom stereocenters. The maximum Gasteiger partial charge on any atom is 0.264 e. The van der Waals surface area contributed by atoms with Crippen molar-refractivity contribution in [3.05, 3.63) is 61.9 Å². The van der Waals surface area contributed by atoms with E-state index in [-0.39, 0.29) is 12.5 Å². The van der Waals surface area contributed by atoms with Crippen LogP contribution in [0.4, 0.5) is 5.13 Å². The molecule has 2 aromatic carbocycles. The van der Waals surface area contributed by atoms with Crippen molar-refractivity contribution in [1.82, 2.24) is 4.98 Å². The summed E-state index contributed by atoms with van der Waals surface area (Å²) in [7, 11) is 0. The number of hydrogen-bond donors (Lipinski definition) is 1. The van der Waals surface area contributed by atoms with Gasteiger partial charge >= 0.3 is 0 Å². The van der Waals surface area contributed by atoms with Crippen LogP contribution in [0.5, 0.6) is 5.75 Å². The quantitative estimate of drug-likeness (QED) is 0.386. The van der Waals surface area contributed by atoms with E-state index in [0.717, 1.165) is 22.9 Å². The first kappa shape index (κ1) is 21.1. The number of benzene rings is 2. The molecule has 0 aliphatic carbocycles. The van der Waals surface area contributed by atoms with Crippen LogP contribution in [0.25, 0.3) is 11.3 Å². The first-order valence-electron chi connectivity index (χ1n) is 8.58. The zero-order valence-corrected chi connectivity index (χ0v) is 18.9. The van der Waals surface area contributed by atoms with Gasteiger partial charge in [-0.05, 0) is 58.2 Å². The van der Waals surface area contributed by atoms with E-state index < -0.39 is 0 Å². The highest BCUT2D eigenvalue weighted by Gasteiger charge is 2.12. The van der Waals surface area contributed by atoms with Crippen molar-refractivity contribution in [2.24, 2.45) is 0 Å². The van der Waals surface area contributed by atoms with Gasteiger partial charge in [0.1, 0.15) is 5.75 Å². The van der Waals surface area contributed by atoms with Gasteiger partial charge in [-0.25, -0.2) is 4.98 Å². The Labute approximate surface area is 186 Å². The molecule has 1 N–H and O–H groups in total. The van der Waals surface area contributed by atoms with Crippen LogP contribution in [-0.4, -0.2) is 17.5 Å². The molecule has 3 aromatic rings. The van der Waals surface area contributed by atoms with Gasteiger partial charge in [-0.2, -0.15) is 0 Å².